The Morgan fingerprint density at radius 1 is 1.60 bits per heavy atom. The average Bonchev–Trinajstić information content (AvgIpc) is 2.33. The van der Waals surface area contributed by atoms with E-state index < -0.39 is 0 Å². The molecule has 0 N–H and O–H groups in total. The first-order valence-electron chi connectivity index (χ1n) is 3.90. The van der Waals surface area contributed by atoms with Crippen LogP contribution in [-0.2, 0) is 0 Å². The van der Waals surface area contributed by atoms with Crippen LogP contribution in [0.5, 0.6) is 0 Å². The van der Waals surface area contributed by atoms with Crippen molar-refractivity contribution >= 4 is 11.8 Å². The fraction of sp³-hybridized carbons (Fsp3) is 0.750. The molecule has 2 atom stereocenters. The van der Waals surface area contributed by atoms with Crippen molar-refractivity contribution in [3.8, 4) is 0 Å². The standard InChI is InChI=1S/C8H13NS/c1-7-5-9-4-2-3-8(9)6-10-7/h2,4,7-8H,3,5-6H2,1H3. The van der Waals surface area contributed by atoms with Gasteiger partial charge in [-0.1, -0.05) is 13.0 Å². The molecule has 10 heavy (non-hydrogen) atoms. The highest BCUT2D eigenvalue weighted by Crippen LogP contribution is 2.27. The van der Waals surface area contributed by atoms with Gasteiger partial charge in [-0.2, -0.15) is 11.8 Å². The molecule has 0 aromatic heterocycles. The topological polar surface area (TPSA) is 3.24 Å². The number of hydrogen-bond donors (Lipinski definition) is 0. The Balaban J connectivity index is 2.01. The van der Waals surface area contributed by atoms with E-state index >= 15 is 0 Å². The fourth-order valence-electron chi connectivity index (χ4n) is 1.61. The Labute approximate surface area is 66.5 Å². The molecule has 0 aromatic rings. The molecular weight excluding hydrogens is 142 g/mol. The maximum absolute atomic E-state index is 2.49. The second-order valence-electron chi connectivity index (χ2n) is 3.12. The summed E-state index contributed by atoms with van der Waals surface area (Å²) in [7, 11) is 0. The molecule has 0 amide bonds. The van der Waals surface area contributed by atoms with Crippen LogP contribution in [0.1, 0.15) is 13.3 Å². The van der Waals surface area contributed by atoms with Crippen molar-refractivity contribution in [3.05, 3.63) is 12.3 Å². The number of hydrogen-bond acceptors (Lipinski definition) is 2. The summed E-state index contributed by atoms with van der Waals surface area (Å²) in [4.78, 5) is 2.49. The van der Waals surface area contributed by atoms with Crippen LogP contribution in [0.25, 0.3) is 0 Å². The third-order valence-electron chi connectivity index (χ3n) is 2.22. The first-order chi connectivity index (χ1) is 4.86. The Morgan fingerprint density at radius 3 is 3.40 bits per heavy atom. The molecule has 0 bridgehead atoms. The third-order valence-corrected chi connectivity index (χ3v) is 3.51. The van der Waals surface area contributed by atoms with E-state index in [4.69, 9.17) is 0 Å². The van der Waals surface area contributed by atoms with E-state index in [1.807, 2.05) is 0 Å². The van der Waals surface area contributed by atoms with Crippen molar-refractivity contribution in [3.63, 3.8) is 0 Å². The van der Waals surface area contributed by atoms with Gasteiger partial charge < -0.3 is 4.90 Å². The van der Waals surface area contributed by atoms with E-state index in [-0.39, 0.29) is 0 Å². The van der Waals surface area contributed by atoms with Gasteiger partial charge in [0.2, 0.25) is 0 Å². The monoisotopic (exact) mass is 155 g/mol. The van der Waals surface area contributed by atoms with Crippen molar-refractivity contribution in [2.24, 2.45) is 0 Å². The highest BCUT2D eigenvalue weighted by molar-refractivity contribution is 8.00. The normalized spacial score (nSPS) is 38.3. The summed E-state index contributed by atoms with van der Waals surface area (Å²) < 4.78 is 0. The number of rotatable bonds is 0. The quantitative estimate of drug-likeness (QED) is 0.524. The van der Waals surface area contributed by atoms with Gasteiger partial charge in [-0.05, 0) is 12.6 Å². The average molecular weight is 155 g/mol. The molecule has 1 fully saturated rings. The minimum Gasteiger partial charge on any atom is -0.372 e. The van der Waals surface area contributed by atoms with Crippen LogP contribution >= 0.6 is 11.8 Å². The third kappa shape index (κ3) is 1.05. The van der Waals surface area contributed by atoms with E-state index in [0.29, 0.717) is 0 Å². The minimum absolute atomic E-state index is 0.832. The summed E-state index contributed by atoms with van der Waals surface area (Å²) in [5, 5.41) is 0.832. The van der Waals surface area contributed by atoms with Gasteiger partial charge in [0.05, 0.1) is 0 Å². The summed E-state index contributed by atoms with van der Waals surface area (Å²) in [6, 6.07) is 0.834. The van der Waals surface area contributed by atoms with Gasteiger partial charge in [-0.3, -0.25) is 0 Å². The maximum Gasteiger partial charge on any atom is 0.0410 e. The molecular formula is C8H13NS. The van der Waals surface area contributed by atoms with E-state index in [1.54, 1.807) is 0 Å². The Kier molecular flexibility index (Phi) is 1.65. The fourth-order valence-corrected chi connectivity index (χ4v) is 2.76. The summed E-state index contributed by atoms with van der Waals surface area (Å²) in [5.41, 5.74) is 0. The molecule has 2 heteroatoms. The van der Waals surface area contributed by atoms with Crippen LogP contribution < -0.4 is 0 Å². The highest BCUT2D eigenvalue weighted by atomic mass is 32.2. The predicted molar refractivity (Wildman–Crippen MR) is 46.2 cm³/mol. The molecule has 2 aliphatic heterocycles. The smallest absolute Gasteiger partial charge is 0.0410 e. The first-order valence-corrected chi connectivity index (χ1v) is 4.95. The van der Waals surface area contributed by atoms with Crippen LogP contribution in [0.4, 0.5) is 0 Å². The van der Waals surface area contributed by atoms with Crippen LogP contribution in [0.3, 0.4) is 0 Å². The summed E-state index contributed by atoms with van der Waals surface area (Å²) in [5.74, 6) is 1.33. The zero-order valence-corrected chi connectivity index (χ0v) is 7.10. The van der Waals surface area contributed by atoms with Crippen LogP contribution in [-0.4, -0.2) is 28.5 Å². The maximum atomic E-state index is 2.49. The number of thioether (sulfide) groups is 1. The molecule has 1 saturated heterocycles. The molecule has 0 spiro atoms. The van der Waals surface area contributed by atoms with Gasteiger partial charge in [0.15, 0.2) is 0 Å². The van der Waals surface area contributed by atoms with Crippen molar-refractivity contribution in [1.82, 2.24) is 4.90 Å². The molecule has 1 nitrogen and oxygen atoms in total. The van der Waals surface area contributed by atoms with Gasteiger partial charge in [0, 0.05) is 23.6 Å². The van der Waals surface area contributed by atoms with Crippen LogP contribution in [0, 0.1) is 0 Å². The van der Waals surface area contributed by atoms with Crippen molar-refractivity contribution in [2.75, 3.05) is 12.3 Å². The second kappa shape index (κ2) is 2.50. The van der Waals surface area contributed by atoms with E-state index in [0.717, 1.165) is 11.3 Å². The number of nitrogens with zero attached hydrogens (tertiary/aromatic N) is 1. The highest BCUT2D eigenvalue weighted by Gasteiger charge is 2.25. The zero-order valence-electron chi connectivity index (χ0n) is 6.29. The molecule has 2 heterocycles. The van der Waals surface area contributed by atoms with Crippen molar-refractivity contribution in [1.29, 1.82) is 0 Å². The lowest BCUT2D eigenvalue weighted by atomic mass is 10.2. The largest absolute Gasteiger partial charge is 0.372 e. The van der Waals surface area contributed by atoms with Gasteiger partial charge >= 0.3 is 0 Å². The van der Waals surface area contributed by atoms with E-state index in [2.05, 4.69) is 35.9 Å². The molecule has 2 aliphatic rings. The molecule has 0 radical (unpaired) electrons. The molecule has 0 aliphatic carbocycles. The van der Waals surface area contributed by atoms with Crippen LogP contribution in [0.2, 0.25) is 0 Å². The zero-order chi connectivity index (χ0) is 6.97. The van der Waals surface area contributed by atoms with Gasteiger partial charge in [0.25, 0.3) is 0 Å². The number of fused-ring (bicyclic) bond motifs is 1. The molecule has 0 saturated carbocycles. The summed E-state index contributed by atoms with van der Waals surface area (Å²) in [6.45, 7) is 3.57. The van der Waals surface area contributed by atoms with Gasteiger partial charge in [-0.15, -0.1) is 0 Å². The summed E-state index contributed by atoms with van der Waals surface area (Å²) in [6.07, 6.45) is 5.84. The van der Waals surface area contributed by atoms with Crippen molar-refractivity contribution < 1.29 is 0 Å². The van der Waals surface area contributed by atoms with E-state index in [9.17, 15) is 0 Å². The molecule has 2 unspecified atom stereocenters. The SMILES string of the molecule is CC1CN2C=CCC2CS1. The van der Waals surface area contributed by atoms with Gasteiger partial charge in [-0.25, -0.2) is 0 Å². The lowest BCUT2D eigenvalue weighted by Gasteiger charge is -2.33. The second-order valence-corrected chi connectivity index (χ2v) is 4.59. The lowest BCUT2D eigenvalue weighted by molar-refractivity contribution is 0.315. The first kappa shape index (κ1) is 6.59. The predicted octanol–water partition coefficient (Wildman–Crippen LogP) is 1.71. The molecule has 56 valence electrons. The van der Waals surface area contributed by atoms with Crippen molar-refractivity contribution in [2.45, 2.75) is 24.6 Å². The molecule has 2 rings (SSSR count). The van der Waals surface area contributed by atoms with Gasteiger partial charge in [0.1, 0.15) is 0 Å². The van der Waals surface area contributed by atoms with E-state index in [1.165, 1.54) is 18.7 Å². The van der Waals surface area contributed by atoms with Crippen LogP contribution in [0.15, 0.2) is 12.3 Å². The Morgan fingerprint density at radius 2 is 2.50 bits per heavy atom. The Bertz CT molecular complexity index is 155. The Hall–Kier alpha value is -0.110. The summed E-state index contributed by atoms with van der Waals surface area (Å²) >= 11 is 2.11. The molecule has 0 aromatic carbocycles. The minimum atomic E-state index is 0.832. The lowest BCUT2D eigenvalue weighted by Crippen LogP contribution is -2.38.